The lowest BCUT2D eigenvalue weighted by atomic mass is 9.86. The quantitative estimate of drug-likeness (QED) is 0.855. The van der Waals surface area contributed by atoms with Gasteiger partial charge >= 0.3 is 0 Å². The highest BCUT2D eigenvalue weighted by atomic mass is 32.2. The standard InChI is InChI=1S/C20H22FNO2S/c1-4-9-25-19-12-16(23)7-8-20(19,24)18-10-14-5-6-15(21)11-17(14)22(18)13(2)3/h5-8,10-11,19,24H,2,4,9,12H2,1,3H3. The van der Waals surface area contributed by atoms with Crippen LogP contribution in [0.15, 0.2) is 43.0 Å². The SMILES string of the molecule is C=C(C)n1c(C2(O)C=CC(=O)CC2SCCC)cc2ccc(F)cc21. The molecule has 2 aromatic rings. The van der Waals surface area contributed by atoms with Crippen LogP contribution in [0.3, 0.4) is 0 Å². The maximum atomic E-state index is 13.8. The number of fused-ring (bicyclic) bond motifs is 1. The van der Waals surface area contributed by atoms with Crippen molar-refractivity contribution in [1.29, 1.82) is 0 Å². The molecule has 0 saturated carbocycles. The topological polar surface area (TPSA) is 42.2 Å². The first kappa shape index (κ1) is 18.0. The molecule has 0 bridgehead atoms. The number of hydrogen-bond donors (Lipinski definition) is 1. The predicted molar refractivity (Wildman–Crippen MR) is 102 cm³/mol. The molecule has 1 heterocycles. The second-order valence-corrected chi connectivity index (χ2v) is 7.80. The number of aromatic nitrogens is 1. The van der Waals surface area contributed by atoms with Crippen LogP contribution >= 0.6 is 11.8 Å². The number of ketones is 1. The smallest absolute Gasteiger partial charge is 0.156 e. The molecule has 1 aliphatic carbocycles. The van der Waals surface area contributed by atoms with Gasteiger partial charge < -0.3 is 9.67 Å². The van der Waals surface area contributed by atoms with Crippen molar-refractivity contribution in [3.63, 3.8) is 0 Å². The van der Waals surface area contributed by atoms with Gasteiger partial charge in [0.05, 0.1) is 16.5 Å². The van der Waals surface area contributed by atoms with Gasteiger partial charge in [-0.1, -0.05) is 13.5 Å². The maximum absolute atomic E-state index is 13.8. The number of aliphatic hydroxyl groups is 1. The molecule has 0 saturated heterocycles. The maximum Gasteiger partial charge on any atom is 0.156 e. The molecule has 1 aliphatic rings. The molecule has 0 amide bonds. The minimum absolute atomic E-state index is 0.0160. The van der Waals surface area contributed by atoms with Crippen LogP contribution in [0.2, 0.25) is 0 Å². The highest BCUT2D eigenvalue weighted by molar-refractivity contribution is 8.00. The Morgan fingerprint density at radius 1 is 1.48 bits per heavy atom. The van der Waals surface area contributed by atoms with E-state index < -0.39 is 5.60 Å². The van der Waals surface area contributed by atoms with Crippen molar-refractivity contribution in [1.82, 2.24) is 4.57 Å². The summed E-state index contributed by atoms with van der Waals surface area (Å²) in [7, 11) is 0. The number of hydrogen-bond acceptors (Lipinski definition) is 3. The van der Waals surface area contributed by atoms with Gasteiger partial charge in [-0.2, -0.15) is 11.8 Å². The highest BCUT2D eigenvalue weighted by Gasteiger charge is 2.42. The molecule has 3 rings (SSSR count). The van der Waals surface area contributed by atoms with Gasteiger partial charge in [0.15, 0.2) is 5.78 Å². The van der Waals surface area contributed by atoms with Crippen LogP contribution < -0.4 is 0 Å². The number of nitrogens with zero attached hydrogens (tertiary/aromatic N) is 1. The third-order valence-corrected chi connectivity index (χ3v) is 6.05. The number of rotatable bonds is 5. The fourth-order valence-corrected chi connectivity index (χ4v) is 4.57. The molecular weight excluding hydrogens is 337 g/mol. The molecule has 1 N–H and O–H groups in total. The zero-order valence-electron chi connectivity index (χ0n) is 14.5. The molecule has 2 unspecified atom stereocenters. The van der Waals surface area contributed by atoms with Gasteiger partial charge in [-0.15, -0.1) is 0 Å². The third kappa shape index (κ3) is 3.18. The molecule has 0 fully saturated rings. The number of carbonyl (C=O) groups is 1. The van der Waals surface area contributed by atoms with Crippen molar-refractivity contribution in [3.05, 3.63) is 54.5 Å². The van der Waals surface area contributed by atoms with E-state index in [9.17, 15) is 14.3 Å². The zero-order valence-corrected chi connectivity index (χ0v) is 15.3. The Morgan fingerprint density at radius 2 is 2.24 bits per heavy atom. The van der Waals surface area contributed by atoms with Gasteiger partial charge in [0.1, 0.15) is 11.4 Å². The van der Waals surface area contributed by atoms with E-state index in [1.807, 2.05) is 13.0 Å². The molecule has 132 valence electrons. The summed E-state index contributed by atoms with van der Waals surface area (Å²) >= 11 is 1.60. The normalized spacial score (nSPS) is 23.4. The van der Waals surface area contributed by atoms with Crippen molar-refractivity contribution in [2.75, 3.05) is 5.75 Å². The van der Waals surface area contributed by atoms with Gasteiger partial charge in [-0.05, 0) is 55.5 Å². The van der Waals surface area contributed by atoms with Crippen molar-refractivity contribution < 1.29 is 14.3 Å². The highest BCUT2D eigenvalue weighted by Crippen LogP contribution is 2.42. The van der Waals surface area contributed by atoms with Crippen LogP contribution in [0.25, 0.3) is 16.6 Å². The molecule has 0 aliphatic heterocycles. The summed E-state index contributed by atoms with van der Waals surface area (Å²) in [6, 6.07) is 6.41. The van der Waals surface area contributed by atoms with Crippen molar-refractivity contribution in [3.8, 4) is 0 Å². The molecule has 0 radical (unpaired) electrons. The van der Waals surface area contributed by atoms with Crippen LogP contribution in [-0.4, -0.2) is 26.5 Å². The van der Waals surface area contributed by atoms with Crippen molar-refractivity contribution >= 4 is 34.1 Å². The van der Waals surface area contributed by atoms with E-state index in [1.54, 1.807) is 28.5 Å². The zero-order chi connectivity index (χ0) is 18.2. The minimum Gasteiger partial charge on any atom is -0.378 e. The molecule has 5 heteroatoms. The fourth-order valence-electron chi connectivity index (χ4n) is 3.31. The van der Waals surface area contributed by atoms with E-state index in [1.165, 1.54) is 18.2 Å². The number of halogens is 1. The van der Waals surface area contributed by atoms with E-state index in [-0.39, 0.29) is 23.3 Å². The Labute approximate surface area is 151 Å². The average molecular weight is 359 g/mol. The summed E-state index contributed by atoms with van der Waals surface area (Å²) in [5.41, 5.74) is 0.675. The molecule has 3 nitrogen and oxygen atoms in total. The summed E-state index contributed by atoms with van der Waals surface area (Å²) in [5, 5.41) is 12.1. The number of benzene rings is 1. The number of thioether (sulfide) groups is 1. The first-order chi connectivity index (χ1) is 11.9. The Morgan fingerprint density at radius 3 is 2.92 bits per heavy atom. The summed E-state index contributed by atoms with van der Waals surface area (Å²) < 4.78 is 15.5. The van der Waals surface area contributed by atoms with Crippen LogP contribution in [0.5, 0.6) is 0 Å². The van der Waals surface area contributed by atoms with Gasteiger partial charge in [0.2, 0.25) is 0 Å². The summed E-state index contributed by atoms with van der Waals surface area (Å²) in [4.78, 5) is 11.9. The third-order valence-electron chi connectivity index (χ3n) is 4.48. The van der Waals surface area contributed by atoms with E-state index in [0.717, 1.165) is 17.6 Å². The second kappa shape index (κ2) is 6.81. The fraction of sp³-hybridized carbons (Fsp3) is 0.350. The second-order valence-electron chi connectivity index (χ2n) is 6.49. The van der Waals surface area contributed by atoms with E-state index in [0.29, 0.717) is 16.9 Å². The molecular formula is C20H22FNO2S. The van der Waals surface area contributed by atoms with Gasteiger partial charge in [0.25, 0.3) is 0 Å². The Bertz CT molecular complexity index is 870. The Balaban J connectivity index is 2.21. The minimum atomic E-state index is -1.30. The lowest BCUT2D eigenvalue weighted by Crippen LogP contribution is -2.41. The van der Waals surface area contributed by atoms with Crippen molar-refractivity contribution in [2.24, 2.45) is 0 Å². The van der Waals surface area contributed by atoms with Gasteiger partial charge in [-0.3, -0.25) is 4.79 Å². The molecule has 2 atom stereocenters. The summed E-state index contributed by atoms with van der Waals surface area (Å²) in [5.74, 6) is 0.538. The van der Waals surface area contributed by atoms with Gasteiger partial charge in [0, 0.05) is 17.5 Å². The number of carbonyl (C=O) groups excluding carboxylic acids is 1. The molecule has 1 aromatic carbocycles. The van der Waals surface area contributed by atoms with Crippen LogP contribution in [-0.2, 0) is 10.4 Å². The van der Waals surface area contributed by atoms with E-state index in [2.05, 4.69) is 13.5 Å². The largest absolute Gasteiger partial charge is 0.378 e. The summed E-state index contributed by atoms with van der Waals surface area (Å²) in [6.07, 6.45) is 4.27. The summed E-state index contributed by atoms with van der Waals surface area (Å²) in [6.45, 7) is 7.89. The average Bonchev–Trinajstić information content (AvgIpc) is 2.95. The first-order valence-electron chi connectivity index (χ1n) is 8.40. The van der Waals surface area contributed by atoms with E-state index >= 15 is 0 Å². The molecule has 0 spiro atoms. The Hall–Kier alpha value is -1.85. The molecule has 25 heavy (non-hydrogen) atoms. The van der Waals surface area contributed by atoms with Crippen LogP contribution in [0.1, 0.15) is 32.4 Å². The predicted octanol–water partition coefficient (Wildman–Crippen LogP) is 4.50. The monoisotopic (exact) mass is 359 g/mol. The van der Waals surface area contributed by atoms with Crippen LogP contribution in [0, 0.1) is 5.82 Å². The lowest BCUT2D eigenvalue weighted by molar-refractivity contribution is -0.116. The van der Waals surface area contributed by atoms with E-state index in [4.69, 9.17) is 0 Å². The molecule has 1 aromatic heterocycles. The van der Waals surface area contributed by atoms with Crippen molar-refractivity contribution in [2.45, 2.75) is 37.5 Å². The van der Waals surface area contributed by atoms with Gasteiger partial charge in [-0.25, -0.2) is 4.39 Å². The van der Waals surface area contributed by atoms with Crippen LogP contribution in [0.4, 0.5) is 4.39 Å². The Kier molecular flexibility index (Phi) is 4.89. The number of allylic oxidation sites excluding steroid dienone is 2. The lowest BCUT2D eigenvalue weighted by Gasteiger charge is -2.36. The first-order valence-corrected chi connectivity index (χ1v) is 9.45.